The number of nitrogens with one attached hydrogen (secondary N) is 1. The first-order valence-corrected chi connectivity index (χ1v) is 6.28. The molecule has 1 heterocycles. The summed E-state index contributed by atoms with van der Waals surface area (Å²) in [6.07, 6.45) is 4.52. The molecular weight excluding hydrogens is 263 g/mol. The van der Waals surface area contributed by atoms with Gasteiger partial charge in [-0.25, -0.2) is 4.39 Å². The van der Waals surface area contributed by atoms with Gasteiger partial charge in [-0.3, -0.25) is 4.68 Å². The molecule has 0 fully saturated rings. The van der Waals surface area contributed by atoms with Gasteiger partial charge in [0.2, 0.25) is 0 Å². The molecule has 0 aliphatic carbocycles. The topological polar surface area (TPSA) is 55.9 Å². The van der Waals surface area contributed by atoms with Gasteiger partial charge in [-0.1, -0.05) is 12.2 Å². The maximum absolute atomic E-state index is 13.7. The highest BCUT2D eigenvalue weighted by Gasteiger charge is 2.05. The Balaban J connectivity index is 1.94. The van der Waals surface area contributed by atoms with E-state index >= 15 is 0 Å². The highest BCUT2D eigenvalue weighted by Crippen LogP contribution is 2.15. The van der Waals surface area contributed by atoms with Crippen molar-refractivity contribution in [1.29, 1.82) is 0 Å². The van der Waals surface area contributed by atoms with Gasteiger partial charge in [-0.2, -0.15) is 5.10 Å². The van der Waals surface area contributed by atoms with E-state index in [0.29, 0.717) is 17.8 Å². The van der Waals surface area contributed by atoms with Crippen molar-refractivity contribution in [2.45, 2.75) is 6.42 Å². The summed E-state index contributed by atoms with van der Waals surface area (Å²) in [6, 6.07) is 4.69. The number of hydrogen-bond acceptors (Lipinski definition) is 3. The Morgan fingerprint density at radius 2 is 2.32 bits per heavy atom. The zero-order chi connectivity index (χ0) is 13.8. The number of anilines is 1. The second kappa shape index (κ2) is 5.79. The van der Waals surface area contributed by atoms with Gasteiger partial charge in [-0.05, 0) is 30.2 Å². The average Bonchev–Trinajstić information content (AvgIpc) is 2.77. The van der Waals surface area contributed by atoms with Crippen LogP contribution < -0.4 is 11.1 Å². The molecule has 2 rings (SSSR count). The molecule has 100 valence electrons. The van der Waals surface area contributed by atoms with Crippen molar-refractivity contribution in [3.63, 3.8) is 0 Å². The van der Waals surface area contributed by atoms with Crippen LogP contribution in [0.15, 0.2) is 30.6 Å². The van der Waals surface area contributed by atoms with Crippen LogP contribution in [0.2, 0.25) is 0 Å². The summed E-state index contributed by atoms with van der Waals surface area (Å²) in [4.78, 5) is 0.195. The molecule has 1 aromatic carbocycles. The van der Waals surface area contributed by atoms with Crippen molar-refractivity contribution in [3.05, 3.63) is 47.5 Å². The van der Waals surface area contributed by atoms with Gasteiger partial charge >= 0.3 is 0 Å². The van der Waals surface area contributed by atoms with Gasteiger partial charge < -0.3 is 11.1 Å². The smallest absolute Gasteiger partial charge is 0.146 e. The van der Waals surface area contributed by atoms with Crippen molar-refractivity contribution in [2.75, 3.05) is 11.9 Å². The van der Waals surface area contributed by atoms with Gasteiger partial charge in [0.25, 0.3) is 0 Å². The molecular formula is C13H15FN4S. The summed E-state index contributed by atoms with van der Waals surface area (Å²) in [6.45, 7) is 0.634. The largest absolute Gasteiger partial charge is 0.389 e. The Morgan fingerprint density at radius 3 is 2.89 bits per heavy atom. The number of rotatable bonds is 5. The minimum absolute atomic E-state index is 0.195. The summed E-state index contributed by atoms with van der Waals surface area (Å²) in [5.74, 6) is -0.350. The van der Waals surface area contributed by atoms with Gasteiger partial charge in [-0.15, -0.1) is 0 Å². The van der Waals surface area contributed by atoms with Crippen LogP contribution >= 0.6 is 12.2 Å². The molecule has 0 bridgehead atoms. The summed E-state index contributed by atoms with van der Waals surface area (Å²) in [7, 11) is 1.87. The van der Waals surface area contributed by atoms with Crippen molar-refractivity contribution < 1.29 is 4.39 Å². The van der Waals surface area contributed by atoms with E-state index < -0.39 is 0 Å². The van der Waals surface area contributed by atoms with E-state index in [9.17, 15) is 4.39 Å². The lowest BCUT2D eigenvalue weighted by molar-refractivity contribution is 0.630. The molecule has 19 heavy (non-hydrogen) atoms. The third-order valence-corrected chi connectivity index (χ3v) is 2.98. The van der Waals surface area contributed by atoms with E-state index in [2.05, 4.69) is 10.4 Å². The van der Waals surface area contributed by atoms with Crippen LogP contribution in [-0.2, 0) is 13.5 Å². The molecule has 0 aliphatic rings. The average molecular weight is 278 g/mol. The number of nitrogens with zero attached hydrogens (tertiary/aromatic N) is 2. The molecule has 4 nitrogen and oxygen atoms in total. The van der Waals surface area contributed by atoms with Gasteiger partial charge in [0.05, 0.1) is 11.9 Å². The SMILES string of the molecule is Cn1cc(CCNc2ccc(C(N)=S)cc2F)cn1. The minimum Gasteiger partial charge on any atom is -0.389 e. The fraction of sp³-hybridized carbons (Fsp3) is 0.231. The van der Waals surface area contributed by atoms with E-state index in [1.807, 2.05) is 13.2 Å². The Labute approximate surface area is 116 Å². The maximum Gasteiger partial charge on any atom is 0.146 e. The third-order valence-electron chi connectivity index (χ3n) is 2.74. The molecule has 0 unspecified atom stereocenters. The number of hydrogen-bond donors (Lipinski definition) is 2. The standard InChI is InChI=1S/C13H15FN4S/c1-18-8-9(7-17-18)4-5-16-12-3-2-10(13(15)19)6-11(12)14/h2-3,6-8,16H,4-5H2,1H3,(H2,15,19). The quantitative estimate of drug-likeness (QED) is 0.820. The zero-order valence-electron chi connectivity index (χ0n) is 10.6. The molecule has 0 saturated carbocycles. The first-order valence-electron chi connectivity index (χ1n) is 5.87. The van der Waals surface area contributed by atoms with Crippen LogP contribution in [0.4, 0.5) is 10.1 Å². The Morgan fingerprint density at radius 1 is 1.53 bits per heavy atom. The second-order valence-corrected chi connectivity index (χ2v) is 4.70. The number of nitrogens with two attached hydrogens (primary N) is 1. The molecule has 3 N–H and O–H groups in total. The molecule has 0 saturated heterocycles. The highest BCUT2D eigenvalue weighted by atomic mass is 32.1. The van der Waals surface area contributed by atoms with Crippen molar-refractivity contribution in [2.24, 2.45) is 12.8 Å². The van der Waals surface area contributed by atoms with Gasteiger partial charge in [0.1, 0.15) is 10.8 Å². The van der Waals surface area contributed by atoms with Crippen LogP contribution in [0.5, 0.6) is 0 Å². The van der Waals surface area contributed by atoms with Crippen LogP contribution in [0, 0.1) is 5.82 Å². The first kappa shape index (κ1) is 13.5. The Hall–Kier alpha value is -1.95. The molecule has 0 atom stereocenters. The Bertz CT molecular complexity index is 594. The summed E-state index contributed by atoms with van der Waals surface area (Å²) in [5, 5.41) is 7.12. The van der Waals surface area contributed by atoms with Crippen molar-refractivity contribution in [3.8, 4) is 0 Å². The molecule has 2 aromatic rings. The number of thiocarbonyl (C=S) groups is 1. The summed E-state index contributed by atoms with van der Waals surface area (Å²) < 4.78 is 15.5. The van der Waals surface area contributed by atoms with Crippen LogP contribution in [-0.4, -0.2) is 21.3 Å². The fourth-order valence-electron chi connectivity index (χ4n) is 1.75. The van der Waals surface area contributed by atoms with E-state index in [0.717, 1.165) is 12.0 Å². The van der Waals surface area contributed by atoms with Gasteiger partial charge in [0, 0.05) is 25.4 Å². The summed E-state index contributed by atoms with van der Waals surface area (Å²) in [5.41, 5.74) is 7.53. The molecule has 0 aliphatic heterocycles. The zero-order valence-corrected chi connectivity index (χ0v) is 11.4. The second-order valence-electron chi connectivity index (χ2n) is 4.26. The molecule has 1 aromatic heterocycles. The van der Waals surface area contributed by atoms with E-state index in [1.54, 1.807) is 23.0 Å². The van der Waals surface area contributed by atoms with Crippen molar-refractivity contribution in [1.82, 2.24) is 9.78 Å². The predicted octanol–water partition coefficient (Wildman–Crippen LogP) is 1.85. The normalized spacial score (nSPS) is 10.4. The number of halogens is 1. The predicted molar refractivity (Wildman–Crippen MR) is 77.7 cm³/mol. The minimum atomic E-state index is -0.350. The lowest BCUT2D eigenvalue weighted by Crippen LogP contribution is -2.11. The number of aryl methyl sites for hydroxylation is 1. The first-order chi connectivity index (χ1) is 9.06. The van der Waals surface area contributed by atoms with Crippen LogP contribution in [0.25, 0.3) is 0 Å². The highest BCUT2D eigenvalue weighted by molar-refractivity contribution is 7.80. The van der Waals surface area contributed by atoms with E-state index in [4.69, 9.17) is 18.0 Å². The van der Waals surface area contributed by atoms with Crippen LogP contribution in [0.1, 0.15) is 11.1 Å². The molecule has 0 spiro atoms. The molecule has 6 heteroatoms. The number of benzene rings is 1. The lowest BCUT2D eigenvalue weighted by Gasteiger charge is -2.08. The van der Waals surface area contributed by atoms with Gasteiger partial charge in [0.15, 0.2) is 0 Å². The summed E-state index contributed by atoms with van der Waals surface area (Å²) >= 11 is 4.80. The molecule has 0 radical (unpaired) electrons. The fourth-order valence-corrected chi connectivity index (χ4v) is 1.88. The maximum atomic E-state index is 13.7. The van der Waals surface area contributed by atoms with E-state index in [1.165, 1.54) is 6.07 Å². The third kappa shape index (κ3) is 3.51. The lowest BCUT2D eigenvalue weighted by atomic mass is 10.2. The van der Waals surface area contributed by atoms with Crippen molar-refractivity contribution >= 4 is 22.9 Å². The molecule has 0 amide bonds. The Kier molecular flexibility index (Phi) is 4.11. The number of aromatic nitrogens is 2. The monoisotopic (exact) mass is 278 g/mol. The van der Waals surface area contributed by atoms with Crippen LogP contribution in [0.3, 0.4) is 0 Å². The van der Waals surface area contributed by atoms with E-state index in [-0.39, 0.29) is 10.8 Å².